The van der Waals surface area contributed by atoms with E-state index in [-0.39, 0.29) is 0 Å². The number of halogens is 1. The second kappa shape index (κ2) is 7.64. The van der Waals surface area contributed by atoms with E-state index in [9.17, 15) is 0 Å². The van der Waals surface area contributed by atoms with Gasteiger partial charge in [0.05, 0.1) is 13.2 Å². The van der Waals surface area contributed by atoms with Gasteiger partial charge in [-0.05, 0) is 37.6 Å². The van der Waals surface area contributed by atoms with Gasteiger partial charge in [-0.2, -0.15) is 0 Å². The Kier molecular flexibility index (Phi) is 6.48. The monoisotopic (exact) mass is 297 g/mol. The van der Waals surface area contributed by atoms with E-state index >= 15 is 0 Å². The molecule has 0 aromatic heterocycles. The minimum atomic E-state index is 0.647. The van der Waals surface area contributed by atoms with Crippen LogP contribution >= 0.6 is 15.9 Å². The highest BCUT2D eigenvalue weighted by molar-refractivity contribution is 9.10. The maximum Gasteiger partial charge on any atom is 0.0727 e. The number of ether oxygens (including phenoxy) is 1. The predicted molar refractivity (Wildman–Crippen MR) is 76.0 cm³/mol. The molecule has 0 atom stereocenters. The van der Waals surface area contributed by atoms with E-state index in [1.165, 1.54) is 11.1 Å². The fraction of sp³-hybridized carbons (Fsp3) is 0.429. The molecule has 0 radical (unpaired) electrons. The standard InChI is InChI=1S/C14H20BrNO/c1-11(2)6-7-17-10-13-5-4-12(9-16-3)8-14(13)15/h4-5,8,16H,1,6-7,9-10H2,2-3H3. The molecule has 0 spiro atoms. The van der Waals surface area contributed by atoms with Crippen molar-refractivity contribution in [2.75, 3.05) is 13.7 Å². The molecule has 0 bridgehead atoms. The molecule has 1 aromatic rings. The number of hydrogen-bond acceptors (Lipinski definition) is 2. The topological polar surface area (TPSA) is 21.3 Å². The van der Waals surface area contributed by atoms with Crippen molar-refractivity contribution in [1.29, 1.82) is 0 Å². The van der Waals surface area contributed by atoms with Gasteiger partial charge in [-0.3, -0.25) is 0 Å². The highest BCUT2D eigenvalue weighted by Crippen LogP contribution is 2.19. The molecular formula is C14H20BrNO. The summed E-state index contributed by atoms with van der Waals surface area (Å²) in [6.45, 7) is 8.14. The Morgan fingerprint density at radius 1 is 1.47 bits per heavy atom. The largest absolute Gasteiger partial charge is 0.376 e. The SMILES string of the molecule is C=C(C)CCOCc1ccc(CNC)cc1Br. The fourth-order valence-corrected chi connectivity index (χ4v) is 1.99. The molecule has 0 heterocycles. The van der Waals surface area contributed by atoms with E-state index in [1.807, 2.05) is 14.0 Å². The molecule has 3 heteroatoms. The van der Waals surface area contributed by atoms with Gasteiger partial charge in [0.25, 0.3) is 0 Å². The first-order valence-electron chi connectivity index (χ1n) is 5.77. The first-order chi connectivity index (χ1) is 8.13. The highest BCUT2D eigenvalue weighted by Gasteiger charge is 2.01. The van der Waals surface area contributed by atoms with Crippen molar-refractivity contribution < 1.29 is 4.74 Å². The van der Waals surface area contributed by atoms with Gasteiger partial charge in [-0.15, -0.1) is 6.58 Å². The van der Waals surface area contributed by atoms with Crippen molar-refractivity contribution in [3.63, 3.8) is 0 Å². The lowest BCUT2D eigenvalue weighted by molar-refractivity contribution is 0.123. The van der Waals surface area contributed by atoms with Crippen LogP contribution in [-0.2, 0) is 17.9 Å². The number of hydrogen-bond donors (Lipinski definition) is 1. The first kappa shape index (κ1) is 14.4. The van der Waals surface area contributed by atoms with Crippen LogP contribution in [0.1, 0.15) is 24.5 Å². The number of rotatable bonds is 7. The molecule has 1 aromatic carbocycles. The summed E-state index contributed by atoms with van der Waals surface area (Å²) in [4.78, 5) is 0. The van der Waals surface area contributed by atoms with Gasteiger partial charge in [0.1, 0.15) is 0 Å². The Hall–Kier alpha value is -0.640. The van der Waals surface area contributed by atoms with Gasteiger partial charge in [-0.25, -0.2) is 0 Å². The Labute approximate surface area is 112 Å². The average Bonchev–Trinajstić information content (AvgIpc) is 2.27. The first-order valence-corrected chi connectivity index (χ1v) is 6.57. The average molecular weight is 298 g/mol. The molecule has 0 aliphatic heterocycles. The molecule has 1 rings (SSSR count). The van der Waals surface area contributed by atoms with Gasteiger partial charge in [0, 0.05) is 11.0 Å². The third-order valence-corrected chi connectivity index (χ3v) is 3.17. The molecule has 1 N–H and O–H groups in total. The van der Waals surface area contributed by atoms with Gasteiger partial charge in [-0.1, -0.05) is 33.6 Å². The molecule has 0 fully saturated rings. The van der Waals surface area contributed by atoms with Crippen molar-refractivity contribution in [3.8, 4) is 0 Å². The number of nitrogens with one attached hydrogen (secondary N) is 1. The quantitative estimate of drug-likeness (QED) is 0.613. The molecule has 2 nitrogen and oxygen atoms in total. The Balaban J connectivity index is 2.45. The van der Waals surface area contributed by atoms with Gasteiger partial charge in [0.2, 0.25) is 0 Å². The van der Waals surface area contributed by atoms with Crippen LogP contribution in [0.5, 0.6) is 0 Å². The maximum absolute atomic E-state index is 5.60. The van der Waals surface area contributed by atoms with Gasteiger partial charge >= 0.3 is 0 Å². The van der Waals surface area contributed by atoms with Crippen molar-refractivity contribution >= 4 is 15.9 Å². The summed E-state index contributed by atoms with van der Waals surface area (Å²) in [6.07, 6.45) is 0.926. The normalized spacial score (nSPS) is 10.5. The fourth-order valence-electron chi connectivity index (χ4n) is 1.45. The summed E-state index contributed by atoms with van der Waals surface area (Å²) in [5.74, 6) is 0. The summed E-state index contributed by atoms with van der Waals surface area (Å²) in [5.41, 5.74) is 3.62. The van der Waals surface area contributed by atoms with Crippen molar-refractivity contribution in [1.82, 2.24) is 5.32 Å². The summed E-state index contributed by atoms with van der Waals surface area (Å²) in [5, 5.41) is 3.13. The van der Waals surface area contributed by atoms with Crippen LogP contribution in [0.4, 0.5) is 0 Å². The smallest absolute Gasteiger partial charge is 0.0727 e. The molecule has 17 heavy (non-hydrogen) atoms. The van der Waals surface area contributed by atoms with Crippen molar-refractivity contribution in [3.05, 3.63) is 46.0 Å². The molecule has 94 valence electrons. The molecule has 0 amide bonds. The zero-order chi connectivity index (χ0) is 12.7. The van der Waals surface area contributed by atoms with Crippen LogP contribution in [0.25, 0.3) is 0 Å². The van der Waals surface area contributed by atoms with Crippen LogP contribution in [0.2, 0.25) is 0 Å². The van der Waals surface area contributed by atoms with Crippen LogP contribution in [0.3, 0.4) is 0 Å². The van der Waals surface area contributed by atoms with Gasteiger partial charge in [0.15, 0.2) is 0 Å². The Bertz CT molecular complexity index is 376. The summed E-state index contributed by atoms with van der Waals surface area (Å²) in [6, 6.07) is 6.37. The van der Waals surface area contributed by atoms with Crippen LogP contribution < -0.4 is 5.32 Å². The second-order valence-corrected chi connectivity index (χ2v) is 5.07. The zero-order valence-corrected chi connectivity index (χ0v) is 12.1. The lowest BCUT2D eigenvalue weighted by Gasteiger charge is -2.08. The lowest BCUT2D eigenvalue weighted by atomic mass is 10.1. The third-order valence-electron chi connectivity index (χ3n) is 2.43. The molecule has 0 saturated carbocycles. The lowest BCUT2D eigenvalue weighted by Crippen LogP contribution is -2.05. The van der Waals surface area contributed by atoms with Gasteiger partial charge < -0.3 is 10.1 Å². The van der Waals surface area contributed by atoms with E-state index in [2.05, 4.69) is 46.0 Å². The minimum absolute atomic E-state index is 0.647. The third kappa shape index (κ3) is 5.48. The minimum Gasteiger partial charge on any atom is -0.376 e. The molecular weight excluding hydrogens is 278 g/mol. The van der Waals surface area contributed by atoms with Crippen LogP contribution in [0.15, 0.2) is 34.8 Å². The van der Waals surface area contributed by atoms with E-state index in [0.29, 0.717) is 6.61 Å². The van der Waals surface area contributed by atoms with E-state index in [0.717, 1.165) is 29.6 Å². The van der Waals surface area contributed by atoms with Crippen molar-refractivity contribution in [2.24, 2.45) is 0 Å². The Morgan fingerprint density at radius 3 is 2.82 bits per heavy atom. The zero-order valence-electron chi connectivity index (χ0n) is 10.6. The maximum atomic E-state index is 5.60. The summed E-state index contributed by atoms with van der Waals surface area (Å²) in [7, 11) is 1.95. The second-order valence-electron chi connectivity index (χ2n) is 4.22. The van der Waals surface area contributed by atoms with Crippen LogP contribution in [0, 0.1) is 0 Å². The Morgan fingerprint density at radius 2 is 2.24 bits per heavy atom. The van der Waals surface area contributed by atoms with Crippen LogP contribution in [-0.4, -0.2) is 13.7 Å². The van der Waals surface area contributed by atoms with Crippen molar-refractivity contribution in [2.45, 2.75) is 26.5 Å². The molecule has 0 saturated heterocycles. The number of benzene rings is 1. The predicted octanol–water partition coefficient (Wildman–Crippen LogP) is 3.65. The van der Waals surface area contributed by atoms with E-state index in [1.54, 1.807) is 0 Å². The summed E-state index contributed by atoms with van der Waals surface area (Å²) < 4.78 is 6.72. The molecule has 0 aliphatic carbocycles. The van der Waals surface area contributed by atoms with E-state index in [4.69, 9.17) is 4.74 Å². The highest BCUT2D eigenvalue weighted by atomic mass is 79.9. The molecule has 0 unspecified atom stereocenters. The van der Waals surface area contributed by atoms with E-state index < -0.39 is 0 Å². The summed E-state index contributed by atoms with van der Waals surface area (Å²) >= 11 is 3.57. The molecule has 0 aliphatic rings.